The van der Waals surface area contributed by atoms with E-state index in [0.717, 1.165) is 8.14 Å². The van der Waals surface area contributed by atoms with Crippen molar-refractivity contribution in [1.82, 2.24) is 9.55 Å². The number of rotatable bonds is 2. The molecule has 1 aliphatic heterocycles. The number of aromatic nitrogens is 2. The first kappa shape index (κ1) is 14.5. The van der Waals surface area contributed by atoms with Crippen LogP contribution in [0.25, 0.3) is 11.8 Å². The predicted octanol–water partition coefficient (Wildman–Crippen LogP) is 1.82. The first-order chi connectivity index (χ1) is 10.6. The normalized spacial score (nSPS) is 14.9. The Morgan fingerprint density at radius 3 is 2.59 bits per heavy atom. The Morgan fingerprint density at radius 2 is 1.95 bits per heavy atom. The Morgan fingerprint density at radius 1 is 1.23 bits per heavy atom. The van der Waals surface area contributed by atoms with Gasteiger partial charge in [-0.25, -0.2) is 9.36 Å². The van der Waals surface area contributed by atoms with Crippen LogP contribution in [0.3, 0.4) is 0 Å². The van der Waals surface area contributed by atoms with Crippen LogP contribution in [-0.2, 0) is 0 Å². The molecule has 3 rings (SSSR count). The Kier molecular flexibility index (Phi) is 3.80. The standard InChI is InChI=1S/C15H10IN3O3/c16-9-3-5-11(6-4-9)19-14(21)12(13(20)18-15(19)22)8-10-2-1-7-17-10/h1-8,21H,(H,18,20,22)/b10-8-. The summed E-state index contributed by atoms with van der Waals surface area (Å²) >= 11 is 2.14. The topological polar surface area (TPSA) is 87.5 Å². The van der Waals surface area contributed by atoms with Gasteiger partial charge in [0.15, 0.2) is 0 Å². The molecule has 1 aromatic heterocycles. The molecule has 0 amide bonds. The Balaban J connectivity index is 2.24. The van der Waals surface area contributed by atoms with E-state index in [1.54, 1.807) is 42.6 Å². The summed E-state index contributed by atoms with van der Waals surface area (Å²) in [7, 11) is 0. The predicted molar refractivity (Wildman–Crippen MR) is 92.7 cm³/mol. The number of halogens is 1. The second kappa shape index (κ2) is 5.76. The monoisotopic (exact) mass is 407 g/mol. The Bertz CT molecular complexity index is 920. The molecule has 0 spiro atoms. The summed E-state index contributed by atoms with van der Waals surface area (Å²) in [6.07, 6.45) is 6.41. The van der Waals surface area contributed by atoms with Crippen molar-refractivity contribution in [2.24, 2.45) is 4.99 Å². The fraction of sp³-hybridized carbons (Fsp3) is 0. The van der Waals surface area contributed by atoms with Gasteiger partial charge in [0.1, 0.15) is 5.56 Å². The minimum absolute atomic E-state index is 0.0168. The molecular formula is C15H10IN3O3. The Hall–Kier alpha value is -2.42. The van der Waals surface area contributed by atoms with Gasteiger partial charge < -0.3 is 5.11 Å². The third-order valence-electron chi connectivity index (χ3n) is 3.07. The fourth-order valence-electron chi connectivity index (χ4n) is 2.05. The van der Waals surface area contributed by atoms with E-state index in [0.29, 0.717) is 11.4 Å². The van der Waals surface area contributed by atoms with Gasteiger partial charge in [-0.15, -0.1) is 0 Å². The minimum Gasteiger partial charge on any atom is -0.494 e. The molecule has 2 aromatic rings. The summed E-state index contributed by atoms with van der Waals surface area (Å²) in [5, 5.41) is 10.4. The fourth-order valence-corrected chi connectivity index (χ4v) is 2.40. The average molecular weight is 407 g/mol. The van der Waals surface area contributed by atoms with Gasteiger partial charge in [-0.1, -0.05) is 0 Å². The number of allylic oxidation sites excluding steroid dienone is 2. The molecule has 0 unspecified atom stereocenters. The molecule has 2 heterocycles. The SMILES string of the molecule is O=c1[nH]c(=O)n(-c2ccc(I)cc2)c(O)c1/C=C1/C=CC=N1. The third-order valence-corrected chi connectivity index (χ3v) is 3.79. The number of nitrogens with zero attached hydrogens (tertiary/aromatic N) is 2. The van der Waals surface area contributed by atoms with Crippen LogP contribution in [0.15, 0.2) is 56.7 Å². The second-order valence-corrected chi connectivity index (χ2v) is 5.76. The van der Waals surface area contributed by atoms with Crippen LogP contribution >= 0.6 is 22.6 Å². The quantitative estimate of drug-likeness (QED) is 0.745. The van der Waals surface area contributed by atoms with Gasteiger partial charge in [0.2, 0.25) is 5.88 Å². The highest BCUT2D eigenvalue weighted by atomic mass is 127. The lowest BCUT2D eigenvalue weighted by molar-refractivity contribution is 0.429. The molecule has 0 radical (unpaired) electrons. The summed E-state index contributed by atoms with van der Waals surface area (Å²) < 4.78 is 2.04. The first-order valence-corrected chi connectivity index (χ1v) is 7.41. The Labute approximate surface area is 138 Å². The molecule has 22 heavy (non-hydrogen) atoms. The lowest BCUT2D eigenvalue weighted by atomic mass is 10.2. The number of aromatic amines is 1. The van der Waals surface area contributed by atoms with E-state index in [-0.39, 0.29) is 5.56 Å². The molecule has 1 aliphatic rings. The summed E-state index contributed by atoms with van der Waals surface area (Å²) in [5.74, 6) is -0.419. The summed E-state index contributed by atoms with van der Waals surface area (Å²) in [5.41, 5.74) is -0.390. The second-order valence-electron chi connectivity index (χ2n) is 4.51. The van der Waals surface area contributed by atoms with Crippen LogP contribution in [-0.4, -0.2) is 20.9 Å². The number of aliphatic imine (C=N–C) groups is 1. The van der Waals surface area contributed by atoms with E-state index in [9.17, 15) is 14.7 Å². The lowest BCUT2D eigenvalue weighted by Gasteiger charge is -2.10. The number of aromatic hydroxyl groups is 1. The molecule has 0 fully saturated rings. The van der Waals surface area contributed by atoms with Crippen LogP contribution < -0.4 is 11.2 Å². The zero-order valence-electron chi connectivity index (χ0n) is 11.2. The number of benzene rings is 1. The molecule has 6 nitrogen and oxygen atoms in total. The maximum Gasteiger partial charge on any atom is 0.335 e. The van der Waals surface area contributed by atoms with Gasteiger partial charge in [-0.05, 0) is 65.1 Å². The lowest BCUT2D eigenvalue weighted by Crippen LogP contribution is -2.30. The van der Waals surface area contributed by atoms with Crippen molar-refractivity contribution in [3.63, 3.8) is 0 Å². The zero-order chi connectivity index (χ0) is 15.7. The van der Waals surface area contributed by atoms with E-state index in [1.165, 1.54) is 6.08 Å². The first-order valence-electron chi connectivity index (χ1n) is 6.33. The zero-order valence-corrected chi connectivity index (χ0v) is 13.3. The van der Waals surface area contributed by atoms with E-state index < -0.39 is 17.1 Å². The van der Waals surface area contributed by atoms with Crippen LogP contribution in [0.1, 0.15) is 5.56 Å². The van der Waals surface area contributed by atoms with Crippen LogP contribution in [0.2, 0.25) is 0 Å². The van der Waals surface area contributed by atoms with Crippen molar-refractivity contribution in [3.05, 3.63) is 72.1 Å². The van der Waals surface area contributed by atoms with Crippen molar-refractivity contribution in [2.75, 3.05) is 0 Å². The number of H-pyrrole nitrogens is 1. The van der Waals surface area contributed by atoms with Crippen molar-refractivity contribution < 1.29 is 5.11 Å². The molecule has 7 heteroatoms. The van der Waals surface area contributed by atoms with Crippen molar-refractivity contribution in [3.8, 4) is 11.6 Å². The molecule has 0 aliphatic carbocycles. The molecule has 0 bridgehead atoms. The molecule has 0 saturated carbocycles. The summed E-state index contributed by atoms with van der Waals surface area (Å²) in [6.45, 7) is 0. The summed E-state index contributed by atoms with van der Waals surface area (Å²) in [6, 6.07) is 6.97. The highest BCUT2D eigenvalue weighted by molar-refractivity contribution is 14.1. The van der Waals surface area contributed by atoms with Gasteiger partial charge in [-0.2, -0.15) is 0 Å². The maximum absolute atomic E-state index is 12.0. The average Bonchev–Trinajstić information content (AvgIpc) is 2.98. The third kappa shape index (κ3) is 2.67. The van der Waals surface area contributed by atoms with Gasteiger partial charge >= 0.3 is 5.69 Å². The summed E-state index contributed by atoms with van der Waals surface area (Å²) in [4.78, 5) is 30.2. The van der Waals surface area contributed by atoms with Crippen molar-refractivity contribution >= 4 is 34.9 Å². The molecule has 1 aromatic carbocycles. The van der Waals surface area contributed by atoms with Gasteiger partial charge in [-0.3, -0.25) is 14.8 Å². The van der Waals surface area contributed by atoms with Gasteiger partial charge in [0, 0.05) is 9.78 Å². The number of hydrogen-bond donors (Lipinski definition) is 2. The molecule has 2 N–H and O–H groups in total. The minimum atomic E-state index is -0.698. The maximum atomic E-state index is 12.0. The van der Waals surface area contributed by atoms with Crippen LogP contribution in [0, 0.1) is 3.57 Å². The van der Waals surface area contributed by atoms with Gasteiger partial charge in [0.25, 0.3) is 5.56 Å². The number of hydrogen-bond acceptors (Lipinski definition) is 4. The van der Waals surface area contributed by atoms with Crippen LogP contribution in [0.5, 0.6) is 5.88 Å². The smallest absolute Gasteiger partial charge is 0.335 e. The highest BCUT2D eigenvalue weighted by Gasteiger charge is 2.14. The van der Waals surface area contributed by atoms with E-state index >= 15 is 0 Å². The van der Waals surface area contributed by atoms with Crippen LogP contribution in [0.4, 0.5) is 0 Å². The molecule has 0 atom stereocenters. The highest BCUT2D eigenvalue weighted by Crippen LogP contribution is 2.20. The molecular weight excluding hydrogens is 397 g/mol. The molecule has 0 saturated heterocycles. The van der Waals surface area contributed by atoms with E-state index in [4.69, 9.17) is 0 Å². The van der Waals surface area contributed by atoms with E-state index in [2.05, 4.69) is 32.6 Å². The van der Waals surface area contributed by atoms with Crippen molar-refractivity contribution in [2.45, 2.75) is 0 Å². The largest absolute Gasteiger partial charge is 0.494 e. The van der Waals surface area contributed by atoms with E-state index in [1.807, 2.05) is 0 Å². The van der Waals surface area contributed by atoms with Gasteiger partial charge in [0.05, 0.1) is 11.4 Å². The van der Waals surface area contributed by atoms with Crippen molar-refractivity contribution in [1.29, 1.82) is 0 Å². The number of nitrogens with one attached hydrogen (secondary N) is 1. The molecule has 110 valence electrons.